The van der Waals surface area contributed by atoms with Crippen molar-refractivity contribution < 1.29 is 9.53 Å². The number of fused-ring (bicyclic) bond motifs is 1. The maximum atomic E-state index is 11.6. The van der Waals surface area contributed by atoms with Gasteiger partial charge in [-0.25, -0.2) is 4.68 Å². The third kappa shape index (κ3) is 2.40. The zero-order chi connectivity index (χ0) is 13.3. The summed E-state index contributed by atoms with van der Waals surface area (Å²) < 4.78 is 6.78. The van der Waals surface area contributed by atoms with Crippen molar-refractivity contribution in [2.45, 2.75) is 52.0 Å². The summed E-state index contributed by atoms with van der Waals surface area (Å²) in [6.07, 6.45) is 2.45. The minimum Gasteiger partial charge on any atom is -0.469 e. The summed E-state index contributed by atoms with van der Waals surface area (Å²) in [5.41, 5.74) is 2.22. The summed E-state index contributed by atoms with van der Waals surface area (Å²) >= 11 is 0. The number of ether oxygens (including phenoxy) is 1. The number of aromatic nitrogens is 3. The molecule has 5 heteroatoms. The molecule has 100 valence electrons. The van der Waals surface area contributed by atoms with Gasteiger partial charge in [-0.05, 0) is 19.3 Å². The van der Waals surface area contributed by atoms with Gasteiger partial charge in [-0.15, -0.1) is 5.10 Å². The van der Waals surface area contributed by atoms with Crippen LogP contribution in [0.15, 0.2) is 0 Å². The quantitative estimate of drug-likeness (QED) is 0.713. The monoisotopic (exact) mass is 251 g/mol. The van der Waals surface area contributed by atoms with Gasteiger partial charge in [-0.3, -0.25) is 4.79 Å². The molecule has 0 amide bonds. The van der Waals surface area contributed by atoms with E-state index in [-0.39, 0.29) is 17.3 Å². The van der Waals surface area contributed by atoms with Crippen LogP contribution in [0, 0.1) is 5.92 Å². The first kappa shape index (κ1) is 13.1. The van der Waals surface area contributed by atoms with Crippen LogP contribution in [-0.4, -0.2) is 28.1 Å². The van der Waals surface area contributed by atoms with Crippen molar-refractivity contribution in [3.05, 3.63) is 11.4 Å². The zero-order valence-corrected chi connectivity index (χ0v) is 11.6. The molecular formula is C13H21N3O2. The minimum absolute atomic E-state index is 0.00130. The number of rotatable bonds is 1. The Balaban J connectivity index is 2.21. The van der Waals surface area contributed by atoms with E-state index in [1.165, 1.54) is 12.8 Å². The first-order valence-corrected chi connectivity index (χ1v) is 6.44. The largest absolute Gasteiger partial charge is 0.469 e. The first-order valence-electron chi connectivity index (χ1n) is 6.44. The highest BCUT2D eigenvalue weighted by atomic mass is 16.5. The van der Waals surface area contributed by atoms with Crippen molar-refractivity contribution in [2.24, 2.45) is 5.92 Å². The van der Waals surface area contributed by atoms with Crippen molar-refractivity contribution >= 4 is 5.97 Å². The molecule has 0 saturated heterocycles. The fourth-order valence-corrected chi connectivity index (χ4v) is 2.48. The van der Waals surface area contributed by atoms with Gasteiger partial charge in [0.15, 0.2) is 0 Å². The van der Waals surface area contributed by atoms with E-state index in [4.69, 9.17) is 4.74 Å². The molecule has 1 aromatic rings. The number of methoxy groups -OCH3 is 1. The van der Waals surface area contributed by atoms with Crippen LogP contribution in [0.1, 0.15) is 45.0 Å². The zero-order valence-electron chi connectivity index (χ0n) is 11.6. The second-order valence-electron chi connectivity index (χ2n) is 5.91. The van der Waals surface area contributed by atoms with Crippen molar-refractivity contribution in [1.29, 1.82) is 0 Å². The molecule has 0 fully saturated rings. The van der Waals surface area contributed by atoms with Crippen LogP contribution in [0.5, 0.6) is 0 Å². The maximum Gasteiger partial charge on any atom is 0.308 e. The van der Waals surface area contributed by atoms with Gasteiger partial charge in [0.1, 0.15) is 0 Å². The SMILES string of the molecule is COC(=O)[C@@H]1CCc2c(C(C)(C)C)nnn2CC1. The van der Waals surface area contributed by atoms with Crippen LogP contribution in [0.3, 0.4) is 0 Å². The summed E-state index contributed by atoms with van der Waals surface area (Å²) in [5.74, 6) is -0.115. The number of hydrogen-bond donors (Lipinski definition) is 0. The summed E-state index contributed by atoms with van der Waals surface area (Å²) in [5, 5.41) is 8.51. The lowest BCUT2D eigenvalue weighted by Gasteiger charge is -2.17. The molecule has 0 aromatic carbocycles. The molecule has 0 spiro atoms. The lowest BCUT2D eigenvalue weighted by Crippen LogP contribution is -2.17. The van der Waals surface area contributed by atoms with Gasteiger partial charge in [0.05, 0.1) is 24.4 Å². The number of carbonyl (C=O) groups excluding carboxylic acids is 1. The smallest absolute Gasteiger partial charge is 0.308 e. The van der Waals surface area contributed by atoms with Crippen LogP contribution in [0.2, 0.25) is 0 Å². The van der Waals surface area contributed by atoms with Crippen molar-refractivity contribution in [2.75, 3.05) is 7.11 Å². The predicted octanol–water partition coefficient (Wildman–Crippen LogP) is 1.70. The average Bonchev–Trinajstić information content (AvgIpc) is 2.61. The predicted molar refractivity (Wildman–Crippen MR) is 67.2 cm³/mol. The Labute approximate surface area is 108 Å². The Bertz CT molecular complexity index is 446. The summed E-state index contributed by atoms with van der Waals surface area (Å²) in [6.45, 7) is 7.17. The van der Waals surface area contributed by atoms with Gasteiger partial charge >= 0.3 is 5.97 Å². The fraction of sp³-hybridized carbons (Fsp3) is 0.769. The summed E-state index contributed by atoms with van der Waals surface area (Å²) in [4.78, 5) is 11.6. The van der Waals surface area contributed by atoms with Gasteiger partial charge in [0.2, 0.25) is 0 Å². The van der Waals surface area contributed by atoms with Crippen molar-refractivity contribution in [1.82, 2.24) is 15.0 Å². The molecule has 5 nitrogen and oxygen atoms in total. The number of hydrogen-bond acceptors (Lipinski definition) is 4. The van der Waals surface area contributed by atoms with Crippen LogP contribution in [-0.2, 0) is 27.9 Å². The third-order valence-electron chi connectivity index (χ3n) is 3.50. The van der Waals surface area contributed by atoms with Crippen molar-refractivity contribution in [3.8, 4) is 0 Å². The molecule has 18 heavy (non-hydrogen) atoms. The summed E-state index contributed by atoms with van der Waals surface area (Å²) in [6, 6.07) is 0. The number of nitrogens with zero attached hydrogens (tertiary/aromatic N) is 3. The van der Waals surface area contributed by atoms with Crippen LogP contribution in [0.4, 0.5) is 0 Å². The van der Waals surface area contributed by atoms with Gasteiger partial charge in [0.25, 0.3) is 0 Å². The number of aryl methyl sites for hydroxylation is 1. The molecule has 0 unspecified atom stereocenters. The molecule has 0 N–H and O–H groups in total. The highest BCUT2D eigenvalue weighted by molar-refractivity contribution is 5.72. The van der Waals surface area contributed by atoms with E-state index in [0.717, 1.165) is 31.5 Å². The first-order chi connectivity index (χ1) is 8.43. The normalized spacial score (nSPS) is 20.1. The van der Waals surface area contributed by atoms with E-state index in [9.17, 15) is 4.79 Å². The van der Waals surface area contributed by atoms with Gasteiger partial charge in [-0.2, -0.15) is 0 Å². The number of carbonyl (C=O) groups is 1. The Kier molecular flexibility index (Phi) is 3.41. The Morgan fingerprint density at radius 2 is 2.11 bits per heavy atom. The molecule has 0 saturated carbocycles. The Morgan fingerprint density at radius 1 is 1.39 bits per heavy atom. The Hall–Kier alpha value is -1.39. The highest BCUT2D eigenvalue weighted by Gasteiger charge is 2.29. The van der Waals surface area contributed by atoms with Crippen LogP contribution < -0.4 is 0 Å². The highest BCUT2D eigenvalue weighted by Crippen LogP contribution is 2.28. The molecule has 1 atom stereocenters. The van der Waals surface area contributed by atoms with E-state index < -0.39 is 0 Å². The number of esters is 1. The van der Waals surface area contributed by atoms with Crippen LogP contribution in [0.25, 0.3) is 0 Å². The maximum absolute atomic E-state index is 11.6. The second-order valence-corrected chi connectivity index (χ2v) is 5.91. The molecule has 0 bridgehead atoms. The second kappa shape index (κ2) is 4.71. The van der Waals surface area contributed by atoms with E-state index in [0.29, 0.717) is 0 Å². The topological polar surface area (TPSA) is 57.0 Å². The van der Waals surface area contributed by atoms with Gasteiger partial charge < -0.3 is 4.74 Å². The van der Waals surface area contributed by atoms with E-state index in [1.54, 1.807) is 0 Å². The van der Waals surface area contributed by atoms with E-state index >= 15 is 0 Å². The molecule has 0 aliphatic carbocycles. The van der Waals surface area contributed by atoms with Gasteiger partial charge in [0, 0.05) is 12.0 Å². The third-order valence-corrected chi connectivity index (χ3v) is 3.50. The average molecular weight is 251 g/mol. The van der Waals surface area contributed by atoms with Crippen molar-refractivity contribution in [3.63, 3.8) is 0 Å². The Morgan fingerprint density at radius 3 is 2.72 bits per heavy atom. The lowest BCUT2D eigenvalue weighted by atomic mass is 9.89. The van der Waals surface area contributed by atoms with Gasteiger partial charge in [-0.1, -0.05) is 26.0 Å². The standard InChI is InChI=1S/C13H21N3O2/c1-13(2,3)11-10-6-5-9(12(17)18-4)7-8-16(10)15-14-11/h9H,5-8H2,1-4H3/t9-/m1/s1. The molecule has 1 aliphatic heterocycles. The fourth-order valence-electron chi connectivity index (χ4n) is 2.48. The van der Waals surface area contributed by atoms with E-state index in [2.05, 4.69) is 31.1 Å². The molecule has 0 radical (unpaired) electrons. The van der Waals surface area contributed by atoms with Crippen LogP contribution >= 0.6 is 0 Å². The lowest BCUT2D eigenvalue weighted by molar-refractivity contribution is -0.145. The van der Waals surface area contributed by atoms with E-state index in [1.807, 2.05) is 4.68 Å². The molecule has 2 heterocycles. The molecule has 1 aliphatic rings. The molecule has 2 rings (SSSR count). The minimum atomic E-state index is -0.106. The summed E-state index contributed by atoms with van der Waals surface area (Å²) in [7, 11) is 1.45. The molecular weight excluding hydrogens is 230 g/mol. The molecule has 1 aromatic heterocycles.